The molecular weight excluding hydrogens is 468 g/mol. The highest BCUT2D eigenvalue weighted by molar-refractivity contribution is 6.30. The van der Waals surface area contributed by atoms with Crippen molar-refractivity contribution in [3.63, 3.8) is 0 Å². The number of hydrogen-bond donors (Lipinski definition) is 1. The quantitative estimate of drug-likeness (QED) is 0.535. The number of anilines is 1. The van der Waals surface area contributed by atoms with Gasteiger partial charge >= 0.3 is 6.03 Å². The number of urea groups is 1. The predicted molar refractivity (Wildman–Crippen MR) is 132 cm³/mol. The van der Waals surface area contributed by atoms with Crippen LogP contribution in [0.4, 0.5) is 10.5 Å². The molecule has 9 nitrogen and oxygen atoms in total. The number of carbonyl (C=O) groups excluding carboxylic acids is 1. The molecule has 0 unspecified atom stereocenters. The number of halogens is 1. The first-order valence-corrected chi connectivity index (χ1v) is 12.4. The van der Waals surface area contributed by atoms with Crippen LogP contribution in [0.25, 0.3) is 0 Å². The summed E-state index contributed by atoms with van der Waals surface area (Å²) in [6.45, 7) is 4.63. The predicted octanol–water partition coefficient (Wildman–Crippen LogP) is 4.61. The number of pyridine rings is 1. The molecule has 4 heterocycles. The summed E-state index contributed by atoms with van der Waals surface area (Å²) >= 11 is 6.03. The number of aromatic nitrogens is 4. The maximum Gasteiger partial charge on any atom is 0.322 e. The number of rotatable bonds is 6. The SMILES string of the molecule is Cc1nnc([C@H]2CCCN2C(=O)Nc2ccc(OC3CCOCC3)nc2)n1Cc1ccc(Cl)cc1. The van der Waals surface area contributed by atoms with Gasteiger partial charge in [0.15, 0.2) is 5.82 Å². The van der Waals surface area contributed by atoms with Crippen LogP contribution in [0.15, 0.2) is 42.6 Å². The van der Waals surface area contributed by atoms with E-state index in [9.17, 15) is 4.79 Å². The first-order valence-electron chi connectivity index (χ1n) is 12.0. The summed E-state index contributed by atoms with van der Waals surface area (Å²) in [6.07, 6.45) is 5.21. The van der Waals surface area contributed by atoms with Gasteiger partial charge in [0.05, 0.1) is 37.7 Å². The van der Waals surface area contributed by atoms with Crippen LogP contribution in [0.3, 0.4) is 0 Å². The Morgan fingerprint density at radius 1 is 1.14 bits per heavy atom. The molecule has 0 saturated carbocycles. The summed E-state index contributed by atoms with van der Waals surface area (Å²) in [5.74, 6) is 2.16. The van der Waals surface area contributed by atoms with Gasteiger partial charge in [-0.1, -0.05) is 23.7 Å². The van der Waals surface area contributed by atoms with Gasteiger partial charge in [0.25, 0.3) is 0 Å². The maximum atomic E-state index is 13.2. The number of amides is 2. The molecule has 2 aromatic heterocycles. The summed E-state index contributed by atoms with van der Waals surface area (Å²) in [7, 11) is 0. The van der Waals surface area contributed by atoms with Crippen molar-refractivity contribution in [3.05, 3.63) is 64.8 Å². The van der Waals surface area contributed by atoms with E-state index in [0.717, 1.165) is 42.9 Å². The lowest BCUT2D eigenvalue weighted by molar-refractivity contribution is 0.0237. The number of nitrogens with zero attached hydrogens (tertiary/aromatic N) is 5. The number of aryl methyl sites for hydroxylation is 1. The first-order chi connectivity index (χ1) is 17.1. The fraction of sp³-hybridized carbons (Fsp3) is 0.440. The lowest BCUT2D eigenvalue weighted by Gasteiger charge is -2.25. The van der Waals surface area contributed by atoms with Gasteiger partial charge < -0.3 is 24.3 Å². The largest absolute Gasteiger partial charge is 0.474 e. The molecule has 2 saturated heterocycles. The van der Waals surface area contributed by atoms with Crippen molar-refractivity contribution in [2.75, 3.05) is 25.1 Å². The van der Waals surface area contributed by atoms with Gasteiger partial charge in [0.1, 0.15) is 11.9 Å². The molecule has 0 bridgehead atoms. The zero-order valence-corrected chi connectivity index (χ0v) is 20.4. The number of ether oxygens (including phenoxy) is 2. The molecule has 184 valence electrons. The number of carbonyl (C=O) groups is 1. The topological polar surface area (TPSA) is 94.4 Å². The highest BCUT2D eigenvalue weighted by atomic mass is 35.5. The number of hydrogen-bond acceptors (Lipinski definition) is 6. The van der Waals surface area contributed by atoms with E-state index in [-0.39, 0.29) is 18.2 Å². The van der Waals surface area contributed by atoms with Crippen molar-refractivity contribution < 1.29 is 14.3 Å². The molecule has 0 spiro atoms. The molecule has 1 atom stereocenters. The molecule has 0 radical (unpaired) electrons. The van der Waals surface area contributed by atoms with Crippen LogP contribution in [0.2, 0.25) is 5.02 Å². The van der Waals surface area contributed by atoms with E-state index < -0.39 is 0 Å². The Hall–Kier alpha value is -3.17. The minimum atomic E-state index is -0.175. The van der Waals surface area contributed by atoms with Crippen LogP contribution in [0.5, 0.6) is 5.88 Å². The molecular formula is C25H29ClN6O3. The first kappa shape index (κ1) is 23.6. The Morgan fingerprint density at radius 2 is 1.94 bits per heavy atom. The molecule has 2 aliphatic rings. The summed E-state index contributed by atoms with van der Waals surface area (Å²) in [5.41, 5.74) is 1.72. The molecule has 10 heteroatoms. The lowest BCUT2D eigenvalue weighted by atomic mass is 10.1. The van der Waals surface area contributed by atoms with Crippen LogP contribution >= 0.6 is 11.6 Å². The van der Waals surface area contributed by atoms with Crippen molar-refractivity contribution >= 4 is 23.3 Å². The van der Waals surface area contributed by atoms with E-state index in [1.807, 2.05) is 42.2 Å². The summed E-state index contributed by atoms with van der Waals surface area (Å²) in [4.78, 5) is 19.4. The fourth-order valence-electron chi connectivity index (χ4n) is 4.57. The zero-order chi connectivity index (χ0) is 24.2. The van der Waals surface area contributed by atoms with Crippen molar-refractivity contribution in [2.45, 2.75) is 51.3 Å². The molecule has 1 N–H and O–H groups in total. The van der Waals surface area contributed by atoms with Crippen molar-refractivity contribution in [1.29, 1.82) is 0 Å². The van der Waals surface area contributed by atoms with E-state index in [1.165, 1.54) is 0 Å². The lowest BCUT2D eigenvalue weighted by Crippen LogP contribution is -2.35. The minimum absolute atomic E-state index is 0.121. The number of nitrogens with one attached hydrogen (secondary N) is 1. The highest BCUT2D eigenvalue weighted by Crippen LogP contribution is 2.32. The molecule has 5 rings (SSSR count). The Kier molecular flexibility index (Phi) is 7.15. The van der Waals surface area contributed by atoms with Crippen LogP contribution in [0.1, 0.15) is 48.9 Å². The van der Waals surface area contributed by atoms with Gasteiger partial charge in [-0.3, -0.25) is 0 Å². The summed E-state index contributed by atoms with van der Waals surface area (Å²) in [5, 5.41) is 12.4. The molecule has 3 aromatic rings. The maximum absolute atomic E-state index is 13.2. The highest BCUT2D eigenvalue weighted by Gasteiger charge is 2.34. The fourth-order valence-corrected chi connectivity index (χ4v) is 4.70. The average Bonchev–Trinajstić information content (AvgIpc) is 3.49. The second-order valence-corrected chi connectivity index (χ2v) is 9.35. The standard InChI is InChI=1S/C25H29ClN6O3/c1-17-29-30-24(32(17)16-18-4-6-19(26)7-5-18)22-3-2-12-31(22)25(33)28-20-8-9-23(27-15-20)35-21-10-13-34-14-11-21/h4-9,15,21-22H,2-3,10-14,16H2,1H3,(H,28,33)/t22-/m1/s1. The number of likely N-dealkylation sites (tertiary alicyclic amines) is 1. The molecule has 1 aromatic carbocycles. The van der Waals surface area contributed by atoms with Gasteiger partial charge in [-0.2, -0.15) is 0 Å². The van der Waals surface area contributed by atoms with Crippen molar-refractivity contribution in [3.8, 4) is 5.88 Å². The summed E-state index contributed by atoms with van der Waals surface area (Å²) < 4.78 is 13.4. The Morgan fingerprint density at radius 3 is 2.69 bits per heavy atom. The monoisotopic (exact) mass is 496 g/mol. The minimum Gasteiger partial charge on any atom is -0.474 e. The third-order valence-corrected chi connectivity index (χ3v) is 6.73. The summed E-state index contributed by atoms with van der Waals surface area (Å²) in [6, 6.07) is 11.0. The van der Waals surface area contributed by atoms with Crippen LogP contribution in [-0.4, -0.2) is 56.5 Å². The van der Waals surface area contributed by atoms with Gasteiger partial charge in [-0.15, -0.1) is 10.2 Å². The van der Waals surface area contributed by atoms with Gasteiger partial charge in [-0.05, 0) is 43.5 Å². The van der Waals surface area contributed by atoms with Crippen molar-refractivity contribution in [1.82, 2.24) is 24.6 Å². The third kappa shape index (κ3) is 5.57. The Bertz CT molecular complexity index is 1150. The van der Waals surface area contributed by atoms with Gasteiger partial charge in [0.2, 0.25) is 5.88 Å². The van der Waals surface area contributed by atoms with Crippen LogP contribution in [-0.2, 0) is 11.3 Å². The van der Waals surface area contributed by atoms with Crippen LogP contribution in [0, 0.1) is 6.92 Å². The third-order valence-electron chi connectivity index (χ3n) is 6.47. The Balaban J connectivity index is 1.25. The normalized spacial score (nSPS) is 18.6. The molecule has 2 aliphatic heterocycles. The smallest absolute Gasteiger partial charge is 0.322 e. The molecule has 2 amide bonds. The van der Waals surface area contributed by atoms with E-state index in [0.29, 0.717) is 42.9 Å². The van der Waals surface area contributed by atoms with Gasteiger partial charge in [-0.25, -0.2) is 9.78 Å². The number of benzene rings is 1. The average molecular weight is 497 g/mol. The molecule has 2 fully saturated rings. The van der Waals surface area contributed by atoms with E-state index >= 15 is 0 Å². The second kappa shape index (κ2) is 10.6. The molecule has 35 heavy (non-hydrogen) atoms. The van der Waals surface area contributed by atoms with Gasteiger partial charge in [0, 0.05) is 30.5 Å². The molecule has 0 aliphatic carbocycles. The van der Waals surface area contributed by atoms with Crippen molar-refractivity contribution in [2.24, 2.45) is 0 Å². The second-order valence-electron chi connectivity index (χ2n) is 8.91. The van der Waals surface area contributed by atoms with E-state index in [4.69, 9.17) is 21.1 Å². The van der Waals surface area contributed by atoms with Crippen LogP contribution < -0.4 is 10.1 Å². The van der Waals surface area contributed by atoms with E-state index in [2.05, 4.69) is 25.1 Å². The van der Waals surface area contributed by atoms with E-state index in [1.54, 1.807) is 12.3 Å². The Labute approximate surface area is 209 Å². The zero-order valence-electron chi connectivity index (χ0n) is 19.7.